The molecule has 0 aliphatic carbocycles. The number of benzene rings is 6. The van der Waals surface area contributed by atoms with Crippen molar-refractivity contribution in [3.63, 3.8) is 0 Å². The van der Waals surface area contributed by atoms with E-state index in [4.69, 9.17) is 0 Å². The standard InChI is InChI=1S/C48H42/c1-5-8-10-20-36-31-40(35(4)19-9-6-2)33-41(32-36)42-24-12-11-21-38(42)23-17-22-37(18-7-3)39-29-30-47-45-27-14-13-25-43(45)44-26-15-16-28-46(44)48(47)34-39/h5-34H,1-4H3/b8-5-,9-6-,18-7-,20-10+,23-17+,35-19+,37-22+. The van der Waals surface area contributed by atoms with Crippen molar-refractivity contribution in [2.45, 2.75) is 27.7 Å². The molecule has 0 aliphatic rings. The zero-order chi connectivity index (χ0) is 33.3. The molecule has 6 rings (SSSR count). The summed E-state index contributed by atoms with van der Waals surface area (Å²) in [6.07, 6.45) is 25.7. The van der Waals surface area contributed by atoms with Gasteiger partial charge in [-0.15, -0.1) is 0 Å². The van der Waals surface area contributed by atoms with E-state index >= 15 is 0 Å². The maximum atomic E-state index is 2.36. The van der Waals surface area contributed by atoms with Gasteiger partial charge in [-0.25, -0.2) is 0 Å². The van der Waals surface area contributed by atoms with Crippen molar-refractivity contribution in [3.05, 3.63) is 192 Å². The van der Waals surface area contributed by atoms with Crippen LogP contribution in [0.4, 0.5) is 0 Å². The minimum Gasteiger partial charge on any atom is -0.0877 e. The zero-order valence-electron chi connectivity index (χ0n) is 28.3. The van der Waals surface area contributed by atoms with Crippen LogP contribution in [-0.4, -0.2) is 0 Å². The Hall–Kier alpha value is -5.72. The van der Waals surface area contributed by atoms with Crippen LogP contribution < -0.4 is 0 Å². The third-order valence-corrected chi connectivity index (χ3v) is 8.79. The predicted octanol–water partition coefficient (Wildman–Crippen LogP) is 14.1. The minimum absolute atomic E-state index is 1.17. The van der Waals surface area contributed by atoms with E-state index in [1.54, 1.807) is 0 Å². The van der Waals surface area contributed by atoms with Gasteiger partial charge in [0, 0.05) is 0 Å². The SMILES string of the molecule is C/C=C\C=C\c1cc(/C(C)=C/C=C\C)cc(-c2ccccc2/C=C/C=C(\C=C/C)c2ccc3c4ccccc4c4ccccc4c3c2)c1. The Bertz CT molecular complexity index is 2280. The van der Waals surface area contributed by atoms with E-state index in [0.717, 1.165) is 0 Å². The summed E-state index contributed by atoms with van der Waals surface area (Å²) in [5, 5.41) is 7.75. The first-order valence-corrected chi connectivity index (χ1v) is 16.8. The molecule has 48 heavy (non-hydrogen) atoms. The lowest BCUT2D eigenvalue weighted by Gasteiger charge is -2.12. The van der Waals surface area contributed by atoms with Gasteiger partial charge >= 0.3 is 0 Å². The quantitative estimate of drug-likeness (QED) is 0.112. The second-order valence-corrected chi connectivity index (χ2v) is 12.0. The number of fused-ring (bicyclic) bond motifs is 6. The second kappa shape index (κ2) is 15.2. The first kappa shape index (κ1) is 32.2. The monoisotopic (exact) mass is 618 g/mol. The van der Waals surface area contributed by atoms with Gasteiger partial charge in [-0.3, -0.25) is 0 Å². The molecule has 0 N–H and O–H groups in total. The van der Waals surface area contributed by atoms with Crippen molar-refractivity contribution < 1.29 is 0 Å². The number of allylic oxidation sites excluding steroid dienone is 12. The third-order valence-electron chi connectivity index (χ3n) is 8.79. The van der Waals surface area contributed by atoms with Crippen molar-refractivity contribution in [2.75, 3.05) is 0 Å². The average molecular weight is 619 g/mol. The van der Waals surface area contributed by atoms with E-state index < -0.39 is 0 Å². The fraction of sp³-hybridized carbons (Fsp3) is 0.0833. The number of hydrogen-bond acceptors (Lipinski definition) is 0. The van der Waals surface area contributed by atoms with Crippen LogP contribution in [0.1, 0.15) is 49.9 Å². The van der Waals surface area contributed by atoms with Crippen LogP contribution in [0.25, 0.3) is 66.7 Å². The first-order valence-electron chi connectivity index (χ1n) is 16.8. The van der Waals surface area contributed by atoms with Gasteiger partial charge in [0.1, 0.15) is 0 Å². The van der Waals surface area contributed by atoms with Gasteiger partial charge in [-0.1, -0.05) is 158 Å². The maximum absolute atomic E-state index is 2.36. The molecule has 0 radical (unpaired) electrons. The van der Waals surface area contributed by atoms with Crippen LogP contribution in [0.3, 0.4) is 0 Å². The molecule has 0 unspecified atom stereocenters. The van der Waals surface area contributed by atoms with Gasteiger partial charge < -0.3 is 0 Å². The van der Waals surface area contributed by atoms with Gasteiger partial charge in [0.25, 0.3) is 0 Å². The van der Waals surface area contributed by atoms with E-state index in [0.29, 0.717) is 0 Å². The summed E-state index contributed by atoms with van der Waals surface area (Å²) in [4.78, 5) is 0. The van der Waals surface area contributed by atoms with Crippen LogP contribution in [0, 0.1) is 0 Å². The highest BCUT2D eigenvalue weighted by Crippen LogP contribution is 2.36. The lowest BCUT2D eigenvalue weighted by Crippen LogP contribution is -1.89. The summed E-state index contributed by atoms with van der Waals surface area (Å²) in [5.74, 6) is 0. The fourth-order valence-electron chi connectivity index (χ4n) is 6.42. The molecule has 234 valence electrons. The van der Waals surface area contributed by atoms with Crippen LogP contribution in [0.2, 0.25) is 0 Å². The van der Waals surface area contributed by atoms with Crippen molar-refractivity contribution in [1.29, 1.82) is 0 Å². The normalized spacial score (nSPS) is 13.2. The molecule has 6 aromatic carbocycles. The van der Waals surface area contributed by atoms with Crippen molar-refractivity contribution >= 4 is 55.6 Å². The molecule has 0 nitrogen and oxygen atoms in total. The van der Waals surface area contributed by atoms with Gasteiger partial charge in [0.05, 0.1) is 0 Å². The van der Waals surface area contributed by atoms with E-state index in [1.165, 1.54) is 76.8 Å². The summed E-state index contributed by atoms with van der Waals surface area (Å²) < 4.78 is 0. The third kappa shape index (κ3) is 6.99. The van der Waals surface area contributed by atoms with Crippen molar-refractivity contribution in [1.82, 2.24) is 0 Å². The zero-order valence-corrected chi connectivity index (χ0v) is 28.3. The average Bonchev–Trinajstić information content (AvgIpc) is 3.13. The Morgan fingerprint density at radius 2 is 1.12 bits per heavy atom. The Morgan fingerprint density at radius 3 is 1.81 bits per heavy atom. The largest absolute Gasteiger partial charge is 0.0877 e. The molecule has 6 aromatic rings. The van der Waals surface area contributed by atoms with Gasteiger partial charge in [-0.2, -0.15) is 0 Å². The van der Waals surface area contributed by atoms with Crippen LogP contribution in [-0.2, 0) is 0 Å². The minimum atomic E-state index is 1.17. The molecule has 0 heterocycles. The molecule has 0 saturated carbocycles. The molecule has 0 amide bonds. The second-order valence-electron chi connectivity index (χ2n) is 12.0. The van der Waals surface area contributed by atoms with Gasteiger partial charge in [0.15, 0.2) is 0 Å². The lowest BCUT2D eigenvalue weighted by molar-refractivity contribution is 1.51. The molecular formula is C48H42. The van der Waals surface area contributed by atoms with Crippen LogP contribution in [0.5, 0.6) is 0 Å². The molecule has 0 spiro atoms. The molecule has 0 heteroatoms. The highest BCUT2D eigenvalue weighted by molar-refractivity contribution is 6.25. The summed E-state index contributed by atoms with van der Waals surface area (Å²) >= 11 is 0. The Morgan fingerprint density at radius 1 is 0.479 bits per heavy atom. The molecule has 0 bridgehead atoms. The summed E-state index contributed by atoms with van der Waals surface area (Å²) in [5.41, 5.74) is 9.60. The summed E-state index contributed by atoms with van der Waals surface area (Å²) in [6.45, 7) is 8.35. The first-order chi connectivity index (χ1) is 23.6. The molecule has 0 aliphatic heterocycles. The van der Waals surface area contributed by atoms with Gasteiger partial charge in [0.2, 0.25) is 0 Å². The smallest absolute Gasteiger partial charge is 0.00928 e. The highest BCUT2D eigenvalue weighted by Gasteiger charge is 2.10. The fourth-order valence-corrected chi connectivity index (χ4v) is 6.42. The molecule has 0 saturated heterocycles. The molecule has 0 atom stereocenters. The Balaban J connectivity index is 1.41. The maximum Gasteiger partial charge on any atom is -0.00928 e. The highest BCUT2D eigenvalue weighted by atomic mass is 14.1. The van der Waals surface area contributed by atoms with Crippen LogP contribution in [0.15, 0.2) is 170 Å². The van der Waals surface area contributed by atoms with E-state index in [9.17, 15) is 0 Å². The molecule has 0 fully saturated rings. The van der Waals surface area contributed by atoms with E-state index in [-0.39, 0.29) is 0 Å². The molecule has 0 aromatic heterocycles. The molecular weight excluding hydrogens is 577 g/mol. The number of rotatable bonds is 9. The van der Waals surface area contributed by atoms with E-state index in [2.05, 4.69) is 196 Å². The Kier molecular flexibility index (Phi) is 10.2. The van der Waals surface area contributed by atoms with Crippen LogP contribution >= 0.6 is 0 Å². The predicted molar refractivity (Wildman–Crippen MR) is 215 cm³/mol. The lowest BCUT2D eigenvalue weighted by atomic mass is 9.91. The summed E-state index contributed by atoms with van der Waals surface area (Å²) in [6, 6.07) is 39.9. The Labute approximate surface area is 285 Å². The number of hydrogen-bond donors (Lipinski definition) is 0. The van der Waals surface area contributed by atoms with Crippen molar-refractivity contribution in [2.24, 2.45) is 0 Å². The van der Waals surface area contributed by atoms with E-state index in [1.807, 2.05) is 13.8 Å². The van der Waals surface area contributed by atoms with Gasteiger partial charge in [-0.05, 0) is 129 Å². The van der Waals surface area contributed by atoms with Crippen molar-refractivity contribution in [3.8, 4) is 11.1 Å². The topological polar surface area (TPSA) is 0 Å². The summed E-state index contributed by atoms with van der Waals surface area (Å²) in [7, 11) is 0.